The number of aromatic nitrogens is 4. The van der Waals surface area contributed by atoms with Crippen molar-refractivity contribution in [2.75, 3.05) is 5.73 Å². The van der Waals surface area contributed by atoms with Crippen molar-refractivity contribution in [3.63, 3.8) is 0 Å². The molecule has 0 unspecified atom stereocenters. The Morgan fingerprint density at radius 2 is 2.05 bits per heavy atom. The van der Waals surface area contributed by atoms with E-state index in [2.05, 4.69) is 36.1 Å². The minimum atomic E-state index is 0.545. The number of hydrogen-bond acceptors (Lipinski definition) is 3. The molecule has 0 aliphatic heterocycles. The number of benzene rings is 1. The summed E-state index contributed by atoms with van der Waals surface area (Å²) in [5, 5.41) is 4.27. The van der Waals surface area contributed by atoms with Crippen LogP contribution in [-0.4, -0.2) is 19.3 Å². The van der Waals surface area contributed by atoms with Crippen LogP contribution in [0.3, 0.4) is 0 Å². The Kier molecular flexibility index (Phi) is 2.55. The zero-order valence-corrected chi connectivity index (χ0v) is 11.4. The van der Waals surface area contributed by atoms with E-state index in [0.29, 0.717) is 12.5 Å². The topological polar surface area (TPSA) is 61.7 Å². The number of nitrogens with two attached hydrogens (primary N) is 1. The normalized spacial score (nSPS) is 11.3. The molecule has 0 bridgehead atoms. The number of rotatable bonds is 2. The fourth-order valence-corrected chi connectivity index (χ4v) is 2.29. The highest BCUT2D eigenvalue weighted by Gasteiger charge is 2.11. The maximum Gasteiger partial charge on any atom is 0.201 e. The molecule has 98 valence electrons. The van der Waals surface area contributed by atoms with Crippen molar-refractivity contribution in [3.8, 4) is 0 Å². The Balaban J connectivity index is 2.12. The predicted molar refractivity (Wildman–Crippen MR) is 75.9 cm³/mol. The van der Waals surface area contributed by atoms with E-state index in [1.165, 1.54) is 5.56 Å². The fraction of sp³-hybridized carbons (Fsp3) is 0.286. The summed E-state index contributed by atoms with van der Waals surface area (Å²) in [5.74, 6) is 0.545. The number of nitrogen functional groups attached to an aromatic ring is 1. The van der Waals surface area contributed by atoms with Gasteiger partial charge in [-0.05, 0) is 31.5 Å². The van der Waals surface area contributed by atoms with Gasteiger partial charge in [0.25, 0.3) is 0 Å². The van der Waals surface area contributed by atoms with Crippen LogP contribution in [0.5, 0.6) is 0 Å². The Bertz CT molecular complexity index is 751. The van der Waals surface area contributed by atoms with Gasteiger partial charge in [0.2, 0.25) is 5.95 Å². The van der Waals surface area contributed by atoms with Crippen LogP contribution in [0.25, 0.3) is 11.0 Å². The van der Waals surface area contributed by atoms with Gasteiger partial charge in [-0.25, -0.2) is 4.98 Å². The second-order valence-electron chi connectivity index (χ2n) is 4.93. The maximum absolute atomic E-state index is 6.03. The summed E-state index contributed by atoms with van der Waals surface area (Å²) in [7, 11) is 1.94. The van der Waals surface area contributed by atoms with Gasteiger partial charge in [-0.2, -0.15) is 5.10 Å². The number of fused-ring (bicyclic) bond motifs is 1. The highest BCUT2D eigenvalue weighted by molar-refractivity contribution is 5.79. The lowest BCUT2D eigenvalue weighted by Gasteiger charge is -2.06. The van der Waals surface area contributed by atoms with E-state index in [0.717, 1.165) is 22.3 Å². The summed E-state index contributed by atoms with van der Waals surface area (Å²) < 4.78 is 3.90. The summed E-state index contributed by atoms with van der Waals surface area (Å²) in [4.78, 5) is 4.40. The smallest absolute Gasteiger partial charge is 0.201 e. The molecule has 3 rings (SSSR count). The van der Waals surface area contributed by atoms with E-state index < -0.39 is 0 Å². The predicted octanol–water partition coefficient (Wildman–Crippen LogP) is 2.02. The van der Waals surface area contributed by atoms with Crippen LogP contribution in [0.1, 0.15) is 16.8 Å². The molecule has 2 heterocycles. The van der Waals surface area contributed by atoms with E-state index in [9.17, 15) is 0 Å². The van der Waals surface area contributed by atoms with Gasteiger partial charge < -0.3 is 10.3 Å². The molecule has 1 aromatic carbocycles. The Morgan fingerprint density at radius 3 is 2.74 bits per heavy atom. The molecular formula is C14H17N5. The standard InChI is InChI=1S/C14H17N5/c1-9-4-5-12-13(6-9)19(14(15)17-12)8-11-7-16-18(3)10(11)2/h4-7H,8H2,1-3H3,(H2,15,17). The van der Waals surface area contributed by atoms with E-state index in [1.54, 1.807) is 0 Å². The number of anilines is 1. The molecule has 5 heteroatoms. The molecule has 5 nitrogen and oxygen atoms in total. The molecule has 0 radical (unpaired) electrons. The number of imidazole rings is 1. The van der Waals surface area contributed by atoms with Crippen molar-refractivity contribution < 1.29 is 0 Å². The lowest BCUT2D eigenvalue weighted by Crippen LogP contribution is -2.05. The molecule has 0 spiro atoms. The van der Waals surface area contributed by atoms with Gasteiger partial charge in [0.1, 0.15) is 0 Å². The van der Waals surface area contributed by atoms with Crippen molar-refractivity contribution in [2.45, 2.75) is 20.4 Å². The summed E-state index contributed by atoms with van der Waals surface area (Å²) in [5.41, 5.74) is 11.6. The summed E-state index contributed by atoms with van der Waals surface area (Å²) in [6.45, 7) is 4.83. The van der Waals surface area contributed by atoms with E-state index in [1.807, 2.05) is 28.6 Å². The van der Waals surface area contributed by atoms with Gasteiger partial charge in [-0.15, -0.1) is 0 Å². The number of aryl methyl sites for hydroxylation is 2. The zero-order chi connectivity index (χ0) is 13.6. The van der Waals surface area contributed by atoms with E-state index >= 15 is 0 Å². The third-order valence-corrected chi connectivity index (χ3v) is 3.60. The Morgan fingerprint density at radius 1 is 1.26 bits per heavy atom. The highest BCUT2D eigenvalue weighted by Crippen LogP contribution is 2.21. The van der Waals surface area contributed by atoms with Crippen molar-refractivity contribution >= 4 is 17.0 Å². The first-order valence-electron chi connectivity index (χ1n) is 6.26. The minimum absolute atomic E-state index is 0.545. The Hall–Kier alpha value is -2.30. The molecule has 0 saturated carbocycles. The molecular weight excluding hydrogens is 238 g/mol. The molecule has 19 heavy (non-hydrogen) atoms. The van der Waals surface area contributed by atoms with Gasteiger partial charge in [0.05, 0.1) is 23.8 Å². The molecule has 0 aliphatic rings. The largest absolute Gasteiger partial charge is 0.369 e. The first-order valence-corrected chi connectivity index (χ1v) is 6.26. The van der Waals surface area contributed by atoms with Crippen LogP contribution in [-0.2, 0) is 13.6 Å². The van der Waals surface area contributed by atoms with Gasteiger partial charge in [-0.3, -0.25) is 4.68 Å². The lowest BCUT2D eigenvalue weighted by atomic mass is 10.2. The SMILES string of the molecule is Cc1ccc2nc(N)n(Cc3cnn(C)c3C)c2c1. The summed E-state index contributed by atoms with van der Waals surface area (Å²) in [6, 6.07) is 6.17. The van der Waals surface area contributed by atoms with Gasteiger partial charge in [0, 0.05) is 18.3 Å². The Labute approximate surface area is 111 Å². The van der Waals surface area contributed by atoms with Crippen LogP contribution >= 0.6 is 0 Å². The maximum atomic E-state index is 6.03. The first-order chi connectivity index (χ1) is 9.06. The quantitative estimate of drug-likeness (QED) is 0.762. The monoisotopic (exact) mass is 255 g/mol. The second-order valence-corrected chi connectivity index (χ2v) is 4.93. The third kappa shape index (κ3) is 1.87. The van der Waals surface area contributed by atoms with Crippen LogP contribution < -0.4 is 5.73 Å². The van der Waals surface area contributed by atoms with E-state index in [-0.39, 0.29) is 0 Å². The average Bonchev–Trinajstić information content (AvgIpc) is 2.85. The summed E-state index contributed by atoms with van der Waals surface area (Å²) >= 11 is 0. The molecule has 2 N–H and O–H groups in total. The fourth-order valence-electron chi connectivity index (χ4n) is 2.29. The molecule has 0 aliphatic carbocycles. The molecule has 0 saturated heterocycles. The van der Waals surface area contributed by atoms with Crippen molar-refractivity contribution in [1.82, 2.24) is 19.3 Å². The average molecular weight is 255 g/mol. The molecule has 2 aromatic heterocycles. The van der Waals surface area contributed by atoms with Crippen LogP contribution in [0.2, 0.25) is 0 Å². The first kappa shape index (κ1) is 11.8. The van der Waals surface area contributed by atoms with Crippen molar-refractivity contribution in [3.05, 3.63) is 41.2 Å². The van der Waals surface area contributed by atoms with Crippen LogP contribution in [0, 0.1) is 13.8 Å². The third-order valence-electron chi connectivity index (χ3n) is 3.60. The second kappa shape index (κ2) is 4.12. The molecule has 0 atom stereocenters. The van der Waals surface area contributed by atoms with E-state index in [4.69, 9.17) is 5.73 Å². The molecule has 0 amide bonds. The number of hydrogen-bond donors (Lipinski definition) is 1. The van der Waals surface area contributed by atoms with Gasteiger partial charge in [-0.1, -0.05) is 6.07 Å². The van der Waals surface area contributed by atoms with Gasteiger partial charge in [0.15, 0.2) is 0 Å². The van der Waals surface area contributed by atoms with Crippen molar-refractivity contribution in [2.24, 2.45) is 7.05 Å². The highest BCUT2D eigenvalue weighted by atomic mass is 15.3. The van der Waals surface area contributed by atoms with Crippen molar-refractivity contribution in [1.29, 1.82) is 0 Å². The number of nitrogens with zero attached hydrogens (tertiary/aromatic N) is 4. The minimum Gasteiger partial charge on any atom is -0.369 e. The van der Waals surface area contributed by atoms with Crippen LogP contribution in [0.15, 0.2) is 24.4 Å². The van der Waals surface area contributed by atoms with Crippen LogP contribution in [0.4, 0.5) is 5.95 Å². The molecule has 3 aromatic rings. The molecule has 0 fully saturated rings. The lowest BCUT2D eigenvalue weighted by molar-refractivity contribution is 0.734. The summed E-state index contributed by atoms with van der Waals surface area (Å²) in [6.07, 6.45) is 1.89. The zero-order valence-electron chi connectivity index (χ0n) is 11.4. The van der Waals surface area contributed by atoms with Gasteiger partial charge >= 0.3 is 0 Å².